The van der Waals surface area contributed by atoms with Gasteiger partial charge in [-0.15, -0.1) is 0 Å². The van der Waals surface area contributed by atoms with E-state index in [0.717, 1.165) is 46.8 Å². The summed E-state index contributed by atoms with van der Waals surface area (Å²) in [4.78, 5) is 14.7. The molecule has 0 radical (unpaired) electrons. The summed E-state index contributed by atoms with van der Waals surface area (Å²) in [5.74, 6) is 1.71. The normalized spacial score (nSPS) is 10.9. The van der Waals surface area contributed by atoms with E-state index in [1.54, 1.807) is 37.3 Å². The predicted molar refractivity (Wildman–Crippen MR) is 133 cm³/mol. The maximum atomic E-state index is 13.0. The second-order valence-electron chi connectivity index (χ2n) is 8.43. The molecule has 8 nitrogen and oxygen atoms in total. The Bertz CT molecular complexity index is 1260. The number of aromatic nitrogens is 3. The molecule has 0 saturated heterocycles. The van der Waals surface area contributed by atoms with Crippen LogP contribution in [0.1, 0.15) is 39.5 Å². The number of H-pyrrole nitrogens is 1. The third-order valence-electron chi connectivity index (χ3n) is 5.95. The van der Waals surface area contributed by atoms with Gasteiger partial charge in [0.15, 0.2) is 11.5 Å². The van der Waals surface area contributed by atoms with E-state index in [0.29, 0.717) is 30.2 Å². The minimum absolute atomic E-state index is 0.0739. The standard InChI is InChI=1S/C27H30N4O4/c1-18-23(19(2)35-30-18)17-34-25-13-12-21(15-26(25)33-4)27(32)31(3)14-8-11-22-16-24(29-28-22)20-9-6-5-7-10-20/h5-7,9-10,12-13,15-16H,8,11,14,17H2,1-4H3,(H,28,29). The molecule has 4 aromatic rings. The second kappa shape index (κ2) is 10.9. The van der Waals surface area contributed by atoms with Crippen LogP contribution in [-0.4, -0.2) is 46.9 Å². The van der Waals surface area contributed by atoms with Gasteiger partial charge >= 0.3 is 0 Å². The number of rotatable bonds is 10. The van der Waals surface area contributed by atoms with Crippen LogP contribution < -0.4 is 9.47 Å². The molecule has 0 aliphatic carbocycles. The molecular weight excluding hydrogens is 444 g/mol. The van der Waals surface area contributed by atoms with Gasteiger partial charge in [0, 0.05) is 30.4 Å². The fraction of sp³-hybridized carbons (Fsp3) is 0.296. The Morgan fingerprint density at radius 3 is 2.60 bits per heavy atom. The first-order valence-electron chi connectivity index (χ1n) is 11.5. The number of methoxy groups -OCH3 is 1. The number of carbonyl (C=O) groups excluding carboxylic acids is 1. The number of ether oxygens (including phenoxy) is 2. The van der Waals surface area contributed by atoms with Crippen molar-refractivity contribution in [1.82, 2.24) is 20.3 Å². The zero-order valence-electron chi connectivity index (χ0n) is 20.5. The van der Waals surface area contributed by atoms with Crippen LogP contribution in [0.5, 0.6) is 11.5 Å². The maximum Gasteiger partial charge on any atom is 0.253 e. The van der Waals surface area contributed by atoms with E-state index >= 15 is 0 Å². The average Bonchev–Trinajstić information content (AvgIpc) is 3.48. The minimum atomic E-state index is -0.0739. The van der Waals surface area contributed by atoms with E-state index < -0.39 is 0 Å². The van der Waals surface area contributed by atoms with Gasteiger partial charge in [0.2, 0.25) is 0 Å². The van der Waals surface area contributed by atoms with E-state index in [4.69, 9.17) is 14.0 Å². The van der Waals surface area contributed by atoms with Crippen molar-refractivity contribution in [3.05, 3.63) is 82.9 Å². The van der Waals surface area contributed by atoms with E-state index in [1.165, 1.54) is 0 Å². The highest BCUT2D eigenvalue weighted by Crippen LogP contribution is 2.30. The van der Waals surface area contributed by atoms with E-state index in [-0.39, 0.29) is 5.91 Å². The Morgan fingerprint density at radius 1 is 1.09 bits per heavy atom. The number of benzene rings is 2. The number of carbonyl (C=O) groups is 1. The predicted octanol–water partition coefficient (Wildman–Crippen LogP) is 4.97. The van der Waals surface area contributed by atoms with Crippen LogP contribution in [0.25, 0.3) is 11.3 Å². The number of nitrogens with zero attached hydrogens (tertiary/aromatic N) is 3. The van der Waals surface area contributed by atoms with Crippen molar-refractivity contribution in [2.75, 3.05) is 20.7 Å². The molecule has 2 aromatic heterocycles. The van der Waals surface area contributed by atoms with Gasteiger partial charge in [0.1, 0.15) is 12.4 Å². The molecule has 2 aromatic carbocycles. The summed E-state index contributed by atoms with van der Waals surface area (Å²) in [6.07, 6.45) is 1.61. The fourth-order valence-corrected chi connectivity index (χ4v) is 3.85. The Morgan fingerprint density at radius 2 is 1.89 bits per heavy atom. The molecule has 0 saturated carbocycles. The summed E-state index contributed by atoms with van der Waals surface area (Å²) in [5.41, 5.74) is 5.29. The lowest BCUT2D eigenvalue weighted by atomic mass is 10.1. The van der Waals surface area contributed by atoms with Gasteiger partial charge in [0.05, 0.1) is 24.1 Å². The van der Waals surface area contributed by atoms with Crippen molar-refractivity contribution in [1.29, 1.82) is 0 Å². The number of aromatic amines is 1. The number of nitrogens with one attached hydrogen (secondary N) is 1. The molecule has 35 heavy (non-hydrogen) atoms. The van der Waals surface area contributed by atoms with Gasteiger partial charge in [-0.2, -0.15) is 5.10 Å². The first-order valence-corrected chi connectivity index (χ1v) is 11.5. The van der Waals surface area contributed by atoms with Crippen LogP contribution in [-0.2, 0) is 13.0 Å². The molecule has 0 aliphatic rings. The quantitative estimate of drug-likeness (QED) is 0.349. The highest BCUT2D eigenvalue weighted by Gasteiger charge is 2.16. The highest BCUT2D eigenvalue weighted by atomic mass is 16.5. The van der Waals surface area contributed by atoms with Crippen LogP contribution in [0.2, 0.25) is 0 Å². The number of hydrogen-bond acceptors (Lipinski definition) is 6. The monoisotopic (exact) mass is 474 g/mol. The molecule has 0 bridgehead atoms. The van der Waals surface area contributed by atoms with Crippen molar-refractivity contribution in [3.8, 4) is 22.8 Å². The lowest BCUT2D eigenvalue weighted by molar-refractivity contribution is 0.0793. The van der Waals surface area contributed by atoms with Crippen LogP contribution in [0, 0.1) is 13.8 Å². The zero-order chi connectivity index (χ0) is 24.8. The van der Waals surface area contributed by atoms with Crippen LogP contribution in [0.3, 0.4) is 0 Å². The maximum absolute atomic E-state index is 13.0. The third kappa shape index (κ3) is 5.71. The fourth-order valence-electron chi connectivity index (χ4n) is 3.85. The molecule has 1 N–H and O–H groups in total. The van der Waals surface area contributed by atoms with Crippen LogP contribution in [0.15, 0.2) is 59.1 Å². The van der Waals surface area contributed by atoms with Crippen molar-refractivity contribution in [3.63, 3.8) is 0 Å². The number of hydrogen-bond donors (Lipinski definition) is 1. The van der Waals surface area contributed by atoms with E-state index in [1.807, 2.05) is 44.2 Å². The lowest BCUT2D eigenvalue weighted by Gasteiger charge is -2.18. The summed E-state index contributed by atoms with van der Waals surface area (Å²) in [7, 11) is 3.36. The molecule has 4 rings (SSSR count). The molecule has 2 heterocycles. The van der Waals surface area contributed by atoms with E-state index in [2.05, 4.69) is 21.4 Å². The SMILES string of the molecule is COc1cc(C(=O)N(C)CCCc2cc(-c3ccccc3)n[nH]2)ccc1OCc1c(C)noc1C. The highest BCUT2D eigenvalue weighted by molar-refractivity contribution is 5.94. The van der Waals surface area contributed by atoms with Gasteiger partial charge in [-0.05, 0) is 51.0 Å². The van der Waals surface area contributed by atoms with Gasteiger partial charge in [-0.25, -0.2) is 0 Å². The Labute approximate surface area is 204 Å². The Balaban J connectivity index is 1.32. The molecule has 0 aliphatic heterocycles. The average molecular weight is 475 g/mol. The number of amides is 1. The summed E-state index contributed by atoms with van der Waals surface area (Å²) < 4.78 is 16.6. The van der Waals surface area contributed by atoms with Gasteiger partial charge in [-0.1, -0.05) is 35.5 Å². The van der Waals surface area contributed by atoms with Crippen LogP contribution >= 0.6 is 0 Å². The molecule has 0 atom stereocenters. The molecule has 0 fully saturated rings. The molecular formula is C27H30N4O4. The minimum Gasteiger partial charge on any atom is -0.493 e. The lowest BCUT2D eigenvalue weighted by Crippen LogP contribution is -2.28. The van der Waals surface area contributed by atoms with E-state index in [9.17, 15) is 4.79 Å². The van der Waals surface area contributed by atoms with Crippen molar-refractivity contribution in [2.45, 2.75) is 33.3 Å². The summed E-state index contributed by atoms with van der Waals surface area (Å²) in [6.45, 7) is 4.65. The first kappa shape index (κ1) is 24.1. The summed E-state index contributed by atoms with van der Waals surface area (Å²) in [6, 6.07) is 17.3. The van der Waals surface area contributed by atoms with Gasteiger partial charge in [0.25, 0.3) is 5.91 Å². The topological polar surface area (TPSA) is 93.5 Å². The molecule has 8 heteroatoms. The van der Waals surface area contributed by atoms with Crippen LogP contribution in [0.4, 0.5) is 0 Å². The first-order chi connectivity index (χ1) is 17.0. The molecule has 1 amide bonds. The Kier molecular flexibility index (Phi) is 7.50. The van der Waals surface area contributed by atoms with Gasteiger partial charge in [-0.3, -0.25) is 9.89 Å². The Hall–Kier alpha value is -4.07. The number of aryl methyl sites for hydroxylation is 3. The second-order valence-corrected chi connectivity index (χ2v) is 8.43. The summed E-state index contributed by atoms with van der Waals surface area (Å²) >= 11 is 0. The largest absolute Gasteiger partial charge is 0.493 e. The third-order valence-corrected chi connectivity index (χ3v) is 5.95. The molecule has 0 spiro atoms. The molecule has 0 unspecified atom stereocenters. The van der Waals surface area contributed by atoms with Crippen molar-refractivity contribution in [2.24, 2.45) is 0 Å². The summed E-state index contributed by atoms with van der Waals surface area (Å²) in [5, 5.41) is 11.4. The van der Waals surface area contributed by atoms with Crippen molar-refractivity contribution < 1.29 is 18.8 Å². The molecule has 182 valence electrons. The van der Waals surface area contributed by atoms with Crippen molar-refractivity contribution >= 4 is 5.91 Å². The smallest absolute Gasteiger partial charge is 0.253 e. The zero-order valence-corrected chi connectivity index (χ0v) is 20.5. The van der Waals surface area contributed by atoms with Gasteiger partial charge < -0.3 is 18.9 Å².